The second kappa shape index (κ2) is 3.53. The zero-order valence-electron chi connectivity index (χ0n) is 7.35. The van der Waals surface area contributed by atoms with Gasteiger partial charge in [-0.3, -0.25) is 4.79 Å². The van der Waals surface area contributed by atoms with E-state index >= 15 is 0 Å². The van der Waals surface area contributed by atoms with Gasteiger partial charge in [0, 0.05) is 12.1 Å². The summed E-state index contributed by atoms with van der Waals surface area (Å²) >= 11 is 1.76. The van der Waals surface area contributed by atoms with Crippen LogP contribution in [0.5, 0.6) is 17.2 Å². The van der Waals surface area contributed by atoms with Crippen molar-refractivity contribution in [1.82, 2.24) is 0 Å². The molecule has 1 aromatic carbocycles. The van der Waals surface area contributed by atoms with E-state index in [2.05, 4.69) is 0 Å². The van der Waals surface area contributed by atoms with Crippen LogP contribution in [0.2, 0.25) is 0 Å². The Morgan fingerprint density at radius 2 is 2.00 bits per heavy atom. The van der Waals surface area contributed by atoms with E-state index in [0.717, 1.165) is 6.07 Å². The quantitative estimate of drug-likeness (QED) is 0.486. The van der Waals surface area contributed by atoms with Gasteiger partial charge in [0.15, 0.2) is 10.2 Å². The fourth-order valence-corrected chi connectivity index (χ4v) is 1.98. The minimum absolute atomic E-state index is 0.0854. The van der Waals surface area contributed by atoms with Crippen molar-refractivity contribution in [1.29, 1.82) is 0 Å². The van der Waals surface area contributed by atoms with E-state index in [1.807, 2.05) is 0 Å². The van der Waals surface area contributed by atoms with E-state index in [4.69, 9.17) is 4.74 Å². The molecule has 0 aromatic heterocycles. The highest BCUT2D eigenvalue weighted by Gasteiger charge is 2.36. The average Bonchev–Trinajstić information content (AvgIpc) is 2.13. The lowest BCUT2D eigenvalue weighted by Crippen LogP contribution is -2.38. The number of aliphatic hydroxyl groups is 1. The molecular weight excluding hydrogens is 315 g/mol. The number of alkyl halides is 1. The number of halogens is 1. The molecule has 2 rings (SSSR count). The van der Waals surface area contributed by atoms with Crippen LogP contribution < -0.4 is 4.74 Å². The van der Waals surface area contributed by atoms with Gasteiger partial charge in [-0.05, 0) is 22.6 Å². The standard InChI is InChI=1S/C9H7IO5/c10-9-8(14)7(13)6-4(12)1-3(11)2-5(6)15-9/h1-2,8-9,11-12,14H/t8-,9-/m0/s1. The van der Waals surface area contributed by atoms with Crippen LogP contribution in [-0.4, -0.2) is 31.3 Å². The first-order chi connectivity index (χ1) is 7.00. The van der Waals surface area contributed by atoms with Crippen LogP contribution in [0.3, 0.4) is 0 Å². The summed E-state index contributed by atoms with van der Waals surface area (Å²) in [6, 6.07) is 2.25. The number of ketones is 1. The fourth-order valence-electron chi connectivity index (χ4n) is 1.38. The summed E-state index contributed by atoms with van der Waals surface area (Å²) in [6.07, 6.45) is -1.30. The van der Waals surface area contributed by atoms with Gasteiger partial charge in [-0.15, -0.1) is 0 Å². The van der Waals surface area contributed by atoms with Gasteiger partial charge < -0.3 is 20.1 Å². The molecule has 0 aliphatic carbocycles. The smallest absolute Gasteiger partial charge is 0.203 e. The minimum Gasteiger partial charge on any atom is -0.508 e. The van der Waals surface area contributed by atoms with E-state index in [-0.39, 0.29) is 17.1 Å². The number of phenolic OH excluding ortho intramolecular Hbond substituents is 2. The van der Waals surface area contributed by atoms with Gasteiger partial charge in [-0.1, -0.05) is 0 Å². The van der Waals surface area contributed by atoms with Crippen LogP contribution >= 0.6 is 22.6 Å². The van der Waals surface area contributed by atoms with Crippen molar-refractivity contribution in [2.45, 2.75) is 10.2 Å². The highest BCUT2D eigenvalue weighted by atomic mass is 127. The van der Waals surface area contributed by atoms with Gasteiger partial charge in [0.2, 0.25) is 5.78 Å². The zero-order chi connectivity index (χ0) is 11.2. The van der Waals surface area contributed by atoms with Gasteiger partial charge in [0.25, 0.3) is 0 Å². The first-order valence-corrected chi connectivity index (χ1v) is 5.34. The van der Waals surface area contributed by atoms with Gasteiger partial charge in [-0.25, -0.2) is 0 Å². The van der Waals surface area contributed by atoms with Crippen molar-refractivity contribution in [3.63, 3.8) is 0 Å². The summed E-state index contributed by atoms with van der Waals surface area (Å²) in [5.41, 5.74) is -0.0896. The van der Waals surface area contributed by atoms with Crippen LogP contribution in [0.15, 0.2) is 12.1 Å². The molecule has 80 valence electrons. The van der Waals surface area contributed by atoms with Crippen LogP contribution in [0.4, 0.5) is 0 Å². The predicted molar refractivity (Wildman–Crippen MR) is 58.5 cm³/mol. The van der Waals surface area contributed by atoms with Crippen molar-refractivity contribution in [2.75, 3.05) is 0 Å². The molecule has 0 radical (unpaired) electrons. The molecule has 15 heavy (non-hydrogen) atoms. The van der Waals surface area contributed by atoms with Crippen molar-refractivity contribution >= 4 is 28.4 Å². The third kappa shape index (κ3) is 1.63. The van der Waals surface area contributed by atoms with Gasteiger partial charge in [0.1, 0.15) is 22.8 Å². The SMILES string of the molecule is O=C1c2c(O)cc(O)cc2O[C@H](I)[C@H]1O. The van der Waals surface area contributed by atoms with Crippen LogP contribution in [0.25, 0.3) is 0 Å². The van der Waals surface area contributed by atoms with E-state index in [1.165, 1.54) is 6.07 Å². The topological polar surface area (TPSA) is 87.0 Å². The summed E-state index contributed by atoms with van der Waals surface area (Å²) < 4.78 is 4.45. The summed E-state index contributed by atoms with van der Waals surface area (Å²) in [7, 11) is 0. The molecule has 0 amide bonds. The number of phenols is 2. The van der Waals surface area contributed by atoms with Crippen molar-refractivity contribution in [3.8, 4) is 17.2 Å². The van der Waals surface area contributed by atoms with E-state index in [0.29, 0.717) is 0 Å². The average molecular weight is 322 g/mol. The summed E-state index contributed by atoms with van der Waals surface area (Å²) in [5.74, 6) is -1.10. The van der Waals surface area contributed by atoms with Crippen LogP contribution in [0, 0.1) is 0 Å². The maximum atomic E-state index is 11.6. The molecule has 0 unspecified atom stereocenters. The monoisotopic (exact) mass is 322 g/mol. The van der Waals surface area contributed by atoms with Crippen LogP contribution in [0.1, 0.15) is 10.4 Å². The second-order valence-electron chi connectivity index (χ2n) is 3.12. The number of carbonyl (C=O) groups is 1. The fraction of sp³-hybridized carbons (Fsp3) is 0.222. The lowest BCUT2D eigenvalue weighted by atomic mass is 10.0. The van der Waals surface area contributed by atoms with E-state index in [9.17, 15) is 20.1 Å². The number of hydrogen-bond acceptors (Lipinski definition) is 5. The molecule has 0 spiro atoms. The summed E-state index contributed by atoms with van der Waals surface area (Å²) in [6.45, 7) is 0. The largest absolute Gasteiger partial charge is 0.508 e. The molecule has 3 N–H and O–H groups in total. The Balaban J connectivity index is 2.60. The first-order valence-electron chi connectivity index (χ1n) is 4.09. The second-order valence-corrected chi connectivity index (χ2v) is 4.34. The molecule has 0 fully saturated rings. The number of hydrogen-bond donors (Lipinski definition) is 3. The number of benzene rings is 1. The normalized spacial score (nSPS) is 24.5. The van der Waals surface area contributed by atoms with Crippen molar-refractivity contribution < 1.29 is 24.9 Å². The highest BCUT2D eigenvalue weighted by molar-refractivity contribution is 14.1. The Kier molecular flexibility index (Phi) is 2.47. The molecule has 0 saturated heterocycles. The lowest BCUT2D eigenvalue weighted by Gasteiger charge is -2.25. The lowest BCUT2D eigenvalue weighted by molar-refractivity contribution is 0.0512. The number of Topliss-reactive ketones (excluding diaryl/α,β-unsaturated/α-hetero) is 1. The number of aromatic hydroxyl groups is 2. The summed E-state index contributed by atoms with van der Waals surface area (Å²) in [4.78, 5) is 11.6. The minimum atomic E-state index is -1.30. The number of carbonyl (C=O) groups excluding carboxylic acids is 1. The molecule has 0 bridgehead atoms. The van der Waals surface area contributed by atoms with E-state index in [1.54, 1.807) is 22.6 Å². The first kappa shape index (κ1) is 10.5. The molecule has 5 nitrogen and oxygen atoms in total. The Bertz CT molecular complexity index is 431. The third-order valence-electron chi connectivity index (χ3n) is 2.07. The predicted octanol–water partition coefficient (Wildman–Crippen LogP) is 0.795. The number of fused-ring (bicyclic) bond motifs is 1. The number of ether oxygens (including phenoxy) is 1. The van der Waals surface area contributed by atoms with Crippen molar-refractivity contribution in [3.05, 3.63) is 17.7 Å². The summed E-state index contributed by atoms with van der Waals surface area (Å²) in [5, 5.41) is 28.1. The maximum Gasteiger partial charge on any atom is 0.203 e. The maximum absolute atomic E-state index is 11.6. The van der Waals surface area contributed by atoms with Crippen molar-refractivity contribution in [2.24, 2.45) is 0 Å². The van der Waals surface area contributed by atoms with Crippen LogP contribution in [-0.2, 0) is 0 Å². The molecular formula is C9H7IO5. The zero-order valence-corrected chi connectivity index (χ0v) is 9.50. The third-order valence-corrected chi connectivity index (χ3v) is 3.00. The molecule has 6 heteroatoms. The molecule has 1 aliphatic heterocycles. The highest BCUT2D eigenvalue weighted by Crippen LogP contribution is 2.38. The Morgan fingerprint density at radius 3 is 2.67 bits per heavy atom. The number of rotatable bonds is 0. The van der Waals surface area contributed by atoms with E-state index < -0.39 is 21.7 Å². The van der Waals surface area contributed by atoms with Gasteiger partial charge in [0.05, 0.1) is 0 Å². The van der Waals surface area contributed by atoms with Gasteiger partial charge in [-0.2, -0.15) is 0 Å². The molecule has 1 aliphatic rings. The molecule has 2 atom stereocenters. The Hall–Kier alpha value is -1.02. The molecule has 0 saturated carbocycles. The number of aliphatic hydroxyl groups excluding tert-OH is 1. The van der Waals surface area contributed by atoms with Gasteiger partial charge >= 0.3 is 0 Å². The molecule has 1 aromatic rings. The molecule has 1 heterocycles. The Labute approximate surface area is 98.4 Å². The Morgan fingerprint density at radius 1 is 1.33 bits per heavy atom.